The van der Waals surface area contributed by atoms with Gasteiger partial charge in [-0.25, -0.2) is 27.2 Å². The first-order valence-electron chi connectivity index (χ1n) is 12.5. The van der Waals surface area contributed by atoms with Gasteiger partial charge in [0.05, 0.1) is 11.4 Å². The van der Waals surface area contributed by atoms with Crippen LogP contribution >= 0.6 is 0 Å². The largest absolute Gasteiger partial charge is 0.444 e. The van der Waals surface area contributed by atoms with Gasteiger partial charge in [0.25, 0.3) is 5.92 Å². The first kappa shape index (κ1) is 25.7. The molecule has 0 bridgehead atoms. The minimum Gasteiger partial charge on any atom is -0.444 e. The number of benzene rings is 1. The molecule has 2 fully saturated rings. The summed E-state index contributed by atoms with van der Waals surface area (Å²) in [6.07, 6.45) is 1.03. The number of pyridine rings is 1. The van der Waals surface area contributed by atoms with E-state index in [1.807, 2.05) is 32.9 Å². The number of aromatic nitrogens is 1. The number of carbonyl (C=O) groups excluding carboxylic acids is 1. The van der Waals surface area contributed by atoms with Gasteiger partial charge in [0.1, 0.15) is 5.60 Å². The number of anilines is 2. The molecular weight excluding hydrogens is 502 g/mol. The van der Waals surface area contributed by atoms with Crippen LogP contribution in [0.5, 0.6) is 0 Å². The zero-order valence-electron chi connectivity index (χ0n) is 21.4. The molecule has 2 aliphatic heterocycles. The van der Waals surface area contributed by atoms with E-state index in [1.54, 1.807) is 17.0 Å². The molecule has 3 aliphatic rings. The van der Waals surface area contributed by atoms with Crippen molar-refractivity contribution in [1.29, 1.82) is 0 Å². The van der Waals surface area contributed by atoms with Gasteiger partial charge in [0, 0.05) is 44.6 Å². The van der Waals surface area contributed by atoms with E-state index in [2.05, 4.69) is 17.1 Å². The maximum atomic E-state index is 13.5. The highest BCUT2D eigenvalue weighted by molar-refractivity contribution is 7.94. The fourth-order valence-corrected chi connectivity index (χ4v) is 6.35. The first-order chi connectivity index (χ1) is 17.3. The van der Waals surface area contributed by atoms with Crippen LogP contribution in [0.15, 0.2) is 36.4 Å². The number of alkyl halides is 2. The van der Waals surface area contributed by atoms with Crippen molar-refractivity contribution in [3.05, 3.63) is 42.0 Å². The van der Waals surface area contributed by atoms with Crippen LogP contribution in [0, 0.1) is 5.92 Å². The van der Waals surface area contributed by atoms with Gasteiger partial charge in [0.15, 0.2) is 5.82 Å². The van der Waals surface area contributed by atoms with Gasteiger partial charge in [0.2, 0.25) is 0 Å². The van der Waals surface area contributed by atoms with E-state index in [4.69, 9.17) is 4.74 Å². The highest BCUT2D eigenvalue weighted by atomic mass is 32.2. The second kappa shape index (κ2) is 8.82. The predicted octanol–water partition coefficient (Wildman–Crippen LogP) is 5.02. The van der Waals surface area contributed by atoms with Crippen LogP contribution in [0.3, 0.4) is 0 Å². The topological polar surface area (TPSA) is 83.1 Å². The molecule has 1 aliphatic carbocycles. The number of amides is 1. The maximum absolute atomic E-state index is 13.5. The minimum atomic E-state index is -3.95. The van der Waals surface area contributed by atoms with Crippen molar-refractivity contribution >= 4 is 27.8 Å². The van der Waals surface area contributed by atoms with E-state index < -0.39 is 27.7 Å². The summed E-state index contributed by atoms with van der Waals surface area (Å²) in [5.74, 6) is -3.28. The smallest absolute Gasteiger partial charge is 0.410 e. The van der Waals surface area contributed by atoms with Crippen molar-refractivity contribution in [1.82, 2.24) is 9.88 Å². The average Bonchev–Trinajstić information content (AvgIpc) is 3.40. The van der Waals surface area contributed by atoms with E-state index in [-0.39, 0.29) is 30.8 Å². The summed E-state index contributed by atoms with van der Waals surface area (Å²) in [5.41, 5.74) is 2.36. The SMILES string of the molecule is CN1c2nc(-c3cccc(C4CCN(C(=O)OC(C)(C)C)CC4)c3)ccc2N(CC2CC2(F)F)S1(=O)=O. The Morgan fingerprint density at radius 3 is 2.46 bits per heavy atom. The fourth-order valence-electron chi connectivity index (χ4n) is 4.94. The summed E-state index contributed by atoms with van der Waals surface area (Å²) in [7, 11) is -2.56. The van der Waals surface area contributed by atoms with Crippen molar-refractivity contribution in [2.24, 2.45) is 5.92 Å². The number of fused-ring (bicyclic) bond motifs is 1. The molecule has 1 saturated carbocycles. The summed E-state index contributed by atoms with van der Waals surface area (Å²) < 4.78 is 60.4. The van der Waals surface area contributed by atoms with Crippen molar-refractivity contribution in [3.63, 3.8) is 0 Å². The van der Waals surface area contributed by atoms with Crippen LogP contribution < -0.4 is 8.61 Å². The number of nitrogens with zero attached hydrogens (tertiary/aromatic N) is 4. The minimum absolute atomic E-state index is 0.234. The van der Waals surface area contributed by atoms with E-state index >= 15 is 0 Å². The Morgan fingerprint density at radius 2 is 1.84 bits per heavy atom. The van der Waals surface area contributed by atoms with Gasteiger partial charge in [-0.2, -0.15) is 8.42 Å². The van der Waals surface area contributed by atoms with Gasteiger partial charge >= 0.3 is 16.3 Å². The van der Waals surface area contributed by atoms with E-state index in [1.165, 1.54) is 7.05 Å². The van der Waals surface area contributed by atoms with Gasteiger partial charge in [-0.15, -0.1) is 0 Å². The van der Waals surface area contributed by atoms with Crippen molar-refractivity contribution in [2.45, 2.75) is 57.5 Å². The molecular formula is C26H32F2N4O4S. The Morgan fingerprint density at radius 1 is 1.16 bits per heavy atom. The molecule has 11 heteroatoms. The number of piperidine rings is 1. The molecule has 1 aromatic heterocycles. The number of halogens is 2. The molecule has 0 spiro atoms. The molecule has 0 N–H and O–H groups in total. The summed E-state index contributed by atoms with van der Waals surface area (Å²) in [6.45, 7) is 6.52. The zero-order chi connectivity index (χ0) is 26.8. The van der Waals surface area contributed by atoms with Crippen LogP contribution in [0.4, 0.5) is 25.1 Å². The highest BCUT2D eigenvalue weighted by Gasteiger charge is 2.59. The van der Waals surface area contributed by atoms with Gasteiger partial charge in [-0.3, -0.25) is 0 Å². The number of likely N-dealkylation sites (tertiary alicyclic amines) is 1. The van der Waals surface area contributed by atoms with Crippen molar-refractivity contribution < 1.29 is 26.7 Å². The quantitative estimate of drug-likeness (QED) is 0.550. The Labute approximate surface area is 216 Å². The lowest BCUT2D eigenvalue weighted by Gasteiger charge is -2.33. The second-order valence-electron chi connectivity index (χ2n) is 11.1. The Bertz CT molecular complexity index is 1320. The van der Waals surface area contributed by atoms with Crippen LogP contribution in [0.1, 0.15) is 51.5 Å². The third kappa shape index (κ3) is 4.97. The summed E-state index contributed by atoms with van der Waals surface area (Å²) >= 11 is 0. The molecule has 1 unspecified atom stereocenters. The Hall–Kier alpha value is -2.95. The van der Waals surface area contributed by atoms with Crippen LogP contribution in [0.2, 0.25) is 0 Å². The van der Waals surface area contributed by atoms with Crippen LogP contribution in [0.25, 0.3) is 11.3 Å². The molecule has 3 heterocycles. The molecule has 0 radical (unpaired) electrons. The molecule has 2 aromatic rings. The van der Waals surface area contributed by atoms with E-state index in [9.17, 15) is 22.0 Å². The van der Waals surface area contributed by atoms with Crippen molar-refractivity contribution in [3.8, 4) is 11.3 Å². The van der Waals surface area contributed by atoms with Gasteiger partial charge in [-0.1, -0.05) is 18.2 Å². The monoisotopic (exact) mass is 534 g/mol. The summed E-state index contributed by atoms with van der Waals surface area (Å²) in [4.78, 5) is 18.7. The first-order valence-corrected chi connectivity index (χ1v) is 13.9. The summed E-state index contributed by atoms with van der Waals surface area (Å²) in [5, 5.41) is 0. The lowest BCUT2D eigenvalue weighted by atomic mass is 9.88. The van der Waals surface area contributed by atoms with Gasteiger partial charge in [-0.05, 0) is 63.3 Å². The normalized spacial score (nSPS) is 22.6. The maximum Gasteiger partial charge on any atom is 0.410 e. The Balaban J connectivity index is 1.32. The third-order valence-corrected chi connectivity index (χ3v) is 8.96. The molecule has 1 amide bonds. The number of hydrogen-bond donors (Lipinski definition) is 0. The average molecular weight is 535 g/mol. The van der Waals surface area contributed by atoms with Crippen molar-refractivity contribution in [2.75, 3.05) is 35.3 Å². The molecule has 37 heavy (non-hydrogen) atoms. The summed E-state index contributed by atoms with van der Waals surface area (Å²) in [6, 6.07) is 11.3. The molecule has 1 aromatic carbocycles. The fraction of sp³-hybridized carbons (Fsp3) is 0.538. The highest BCUT2D eigenvalue weighted by Crippen LogP contribution is 2.51. The third-order valence-electron chi connectivity index (χ3n) is 7.19. The zero-order valence-corrected chi connectivity index (χ0v) is 22.3. The van der Waals surface area contributed by atoms with E-state index in [0.717, 1.165) is 32.6 Å². The number of ether oxygens (including phenoxy) is 1. The molecule has 8 nitrogen and oxygen atoms in total. The van der Waals surface area contributed by atoms with Gasteiger partial charge < -0.3 is 9.64 Å². The number of rotatable bonds is 4. The lowest BCUT2D eigenvalue weighted by Crippen LogP contribution is -2.41. The van der Waals surface area contributed by atoms with E-state index in [0.29, 0.717) is 24.5 Å². The van der Waals surface area contributed by atoms with Crippen LogP contribution in [-0.4, -0.2) is 62.6 Å². The molecule has 1 saturated heterocycles. The second-order valence-corrected chi connectivity index (χ2v) is 13.0. The molecule has 5 rings (SSSR count). The molecule has 1 atom stereocenters. The van der Waals surface area contributed by atoms with Crippen LogP contribution in [-0.2, 0) is 14.9 Å². The lowest BCUT2D eigenvalue weighted by molar-refractivity contribution is 0.0204. The molecule has 200 valence electrons. The predicted molar refractivity (Wildman–Crippen MR) is 137 cm³/mol. The number of carbonyl (C=O) groups is 1. The number of hydrogen-bond acceptors (Lipinski definition) is 5. The Kier molecular flexibility index (Phi) is 6.12. The standard InChI is InChI=1S/C26H32F2N4O4S/c1-25(2,3)36-24(33)31-12-10-17(11-13-31)18-6-5-7-19(14-18)21-8-9-22-23(29-21)30(4)37(34,35)32(22)16-20-15-26(20,27)28/h5-9,14,17,20H,10-13,15-16H2,1-4H3.